The Labute approximate surface area is 197 Å². The molecule has 0 saturated heterocycles. The number of benzene rings is 2. The SMILES string of the molecule is CCCC(C)n1ccc2c3sc4c5ccc6c(ccn6C(C)CCC)c5sc4c3ccc21. The van der Waals surface area contributed by atoms with Gasteiger partial charge in [-0.3, -0.25) is 0 Å². The minimum Gasteiger partial charge on any atom is -0.345 e. The molecule has 0 fully saturated rings. The molecule has 0 radical (unpaired) electrons. The van der Waals surface area contributed by atoms with Gasteiger partial charge in [0, 0.05) is 66.5 Å². The van der Waals surface area contributed by atoms with Gasteiger partial charge in [-0.15, -0.1) is 22.7 Å². The van der Waals surface area contributed by atoms with E-state index < -0.39 is 0 Å². The quantitative estimate of drug-likeness (QED) is 0.235. The summed E-state index contributed by atoms with van der Waals surface area (Å²) in [6, 6.07) is 15.2. The highest BCUT2D eigenvalue weighted by Crippen LogP contribution is 2.48. The molecule has 32 heavy (non-hydrogen) atoms. The highest BCUT2D eigenvalue weighted by Gasteiger charge is 2.19. The fourth-order valence-electron chi connectivity index (χ4n) is 5.53. The van der Waals surface area contributed by atoms with E-state index in [9.17, 15) is 0 Å². The summed E-state index contributed by atoms with van der Waals surface area (Å²) in [7, 11) is 0. The van der Waals surface area contributed by atoms with E-state index >= 15 is 0 Å². The molecule has 0 aliphatic heterocycles. The largest absolute Gasteiger partial charge is 0.345 e. The number of thiophene rings is 2. The molecule has 2 unspecified atom stereocenters. The lowest BCUT2D eigenvalue weighted by atomic mass is 10.1. The molecule has 164 valence electrons. The van der Waals surface area contributed by atoms with E-state index in [1.807, 2.05) is 22.7 Å². The van der Waals surface area contributed by atoms with Crippen molar-refractivity contribution in [3.63, 3.8) is 0 Å². The van der Waals surface area contributed by atoms with Crippen molar-refractivity contribution in [1.29, 1.82) is 0 Å². The van der Waals surface area contributed by atoms with Crippen LogP contribution in [0, 0.1) is 0 Å². The number of nitrogens with zero attached hydrogens (tertiary/aromatic N) is 2. The van der Waals surface area contributed by atoms with Crippen molar-refractivity contribution >= 4 is 74.1 Å². The lowest BCUT2D eigenvalue weighted by Crippen LogP contribution is -2.02. The van der Waals surface area contributed by atoms with Gasteiger partial charge < -0.3 is 9.13 Å². The summed E-state index contributed by atoms with van der Waals surface area (Å²) in [6.45, 7) is 9.22. The van der Waals surface area contributed by atoms with Gasteiger partial charge in [0.2, 0.25) is 0 Å². The summed E-state index contributed by atoms with van der Waals surface area (Å²) in [5.41, 5.74) is 2.75. The Kier molecular flexibility index (Phi) is 4.85. The van der Waals surface area contributed by atoms with Crippen LogP contribution in [0.15, 0.2) is 48.8 Å². The van der Waals surface area contributed by atoms with Crippen molar-refractivity contribution < 1.29 is 0 Å². The first-order valence-corrected chi connectivity index (χ1v) is 13.6. The van der Waals surface area contributed by atoms with Crippen LogP contribution < -0.4 is 0 Å². The van der Waals surface area contributed by atoms with Gasteiger partial charge in [0.05, 0.1) is 9.40 Å². The maximum absolute atomic E-state index is 2.47. The zero-order valence-electron chi connectivity index (χ0n) is 19.3. The number of hydrogen-bond donors (Lipinski definition) is 0. The topological polar surface area (TPSA) is 9.86 Å². The second kappa shape index (κ2) is 7.64. The normalized spacial score (nSPS) is 14.5. The van der Waals surface area contributed by atoms with Gasteiger partial charge >= 0.3 is 0 Å². The summed E-state index contributed by atoms with van der Waals surface area (Å²) in [5.74, 6) is 0. The molecule has 0 aliphatic rings. The van der Waals surface area contributed by atoms with Crippen molar-refractivity contribution in [3.8, 4) is 0 Å². The summed E-state index contributed by atoms with van der Waals surface area (Å²) >= 11 is 3.97. The van der Waals surface area contributed by atoms with Gasteiger partial charge in [0.1, 0.15) is 0 Å². The van der Waals surface area contributed by atoms with Crippen molar-refractivity contribution in [2.24, 2.45) is 0 Å². The molecule has 0 saturated carbocycles. The Morgan fingerprint density at radius 1 is 0.594 bits per heavy atom. The second-order valence-electron chi connectivity index (χ2n) is 9.33. The first-order valence-electron chi connectivity index (χ1n) is 12.0. The third-order valence-electron chi connectivity index (χ3n) is 7.17. The van der Waals surface area contributed by atoms with Gasteiger partial charge in [0.15, 0.2) is 0 Å². The van der Waals surface area contributed by atoms with Crippen LogP contribution in [0.4, 0.5) is 0 Å². The molecule has 6 aromatic rings. The van der Waals surface area contributed by atoms with Gasteiger partial charge in [-0.25, -0.2) is 0 Å². The Morgan fingerprint density at radius 3 is 1.44 bits per heavy atom. The average molecular weight is 459 g/mol. The van der Waals surface area contributed by atoms with Gasteiger partial charge in [-0.05, 0) is 63.1 Å². The molecule has 0 aliphatic carbocycles. The molecule has 6 rings (SSSR count). The molecular weight excluding hydrogens is 428 g/mol. The number of aromatic nitrogens is 2. The summed E-state index contributed by atoms with van der Waals surface area (Å²) in [6.07, 6.45) is 9.46. The van der Waals surface area contributed by atoms with E-state index in [2.05, 4.69) is 85.6 Å². The summed E-state index contributed by atoms with van der Waals surface area (Å²) in [4.78, 5) is 0. The van der Waals surface area contributed by atoms with Crippen LogP contribution in [0.2, 0.25) is 0 Å². The molecule has 2 atom stereocenters. The second-order valence-corrected chi connectivity index (χ2v) is 11.4. The molecule has 0 spiro atoms. The summed E-state index contributed by atoms with van der Waals surface area (Å²) in [5, 5.41) is 5.67. The van der Waals surface area contributed by atoms with Crippen molar-refractivity contribution in [2.45, 2.75) is 65.5 Å². The zero-order valence-corrected chi connectivity index (χ0v) is 20.9. The van der Waals surface area contributed by atoms with Crippen LogP contribution in [-0.4, -0.2) is 9.13 Å². The highest BCUT2D eigenvalue weighted by atomic mass is 32.1. The average Bonchev–Trinajstić information content (AvgIpc) is 3.53. The molecule has 4 heterocycles. The summed E-state index contributed by atoms with van der Waals surface area (Å²) < 4.78 is 10.7. The lowest BCUT2D eigenvalue weighted by molar-refractivity contribution is 0.515. The first-order chi connectivity index (χ1) is 15.6. The van der Waals surface area contributed by atoms with Crippen LogP contribution in [0.1, 0.15) is 65.5 Å². The van der Waals surface area contributed by atoms with Crippen LogP contribution in [0.5, 0.6) is 0 Å². The fourth-order valence-corrected chi connectivity index (χ4v) is 8.41. The lowest BCUT2D eigenvalue weighted by Gasteiger charge is -2.14. The molecule has 0 N–H and O–H groups in total. The third-order valence-corrected chi connectivity index (χ3v) is 9.85. The van der Waals surface area contributed by atoms with E-state index in [0.29, 0.717) is 12.1 Å². The van der Waals surface area contributed by atoms with Crippen molar-refractivity contribution in [1.82, 2.24) is 9.13 Å². The minimum atomic E-state index is 0.546. The molecule has 0 bridgehead atoms. The third kappa shape index (κ3) is 2.82. The Morgan fingerprint density at radius 2 is 1.03 bits per heavy atom. The Balaban J connectivity index is 1.56. The van der Waals surface area contributed by atoms with Gasteiger partial charge in [-0.2, -0.15) is 0 Å². The molecule has 0 amide bonds. The molecule has 4 heteroatoms. The molecule has 4 aromatic heterocycles. The van der Waals surface area contributed by atoms with Crippen LogP contribution >= 0.6 is 22.7 Å². The smallest absolute Gasteiger partial charge is 0.0542 e. The Hall–Kier alpha value is -2.30. The Bertz CT molecular complexity index is 1470. The van der Waals surface area contributed by atoms with Crippen molar-refractivity contribution in [3.05, 3.63) is 48.8 Å². The highest BCUT2D eigenvalue weighted by molar-refractivity contribution is 7.37. The standard InChI is InChI=1S/C28H30N2S2/c1-5-7-17(3)29-15-13-19-23(29)11-9-21-25(19)31-28-22-10-12-24-20(26(22)32-27(21)28)14-16-30(24)18(4)8-6-2/h9-18H,5-8H2,1-4H3. The predicted molar refractivity (Wildman–Crippen MR) is 145 cm³/mol. The van der Waals surface area contributed by atoms with Crippen LogP contribution in [0.3, 0.4) is 0 Å². The van der Waals surface area contributed by atoms with E-state index in [4.69, 9.17) is 0 Å². The monoisotopic (exact) mass is 458 g/mol. The first kappa shape index (κ1) is 20.3. The molecular formula is C28H30N2S2. The predicted octanol–water partition coefficient (Wildman–Crippen LogP) is 9.90. The fraction of sp³-hybridized carbons (Fsp3) is 0.357. The maximum atomic E-state index is 2.47. The van der Waals surface area contributed by atoms with E-state index in [0.717, 1.165) is 0 Å². The number of hydrogen-bond acceptors (Lipinski definition) is 2. The minimum absolute atomic E-state index is 0.546. The van der Waals surface area contributed by atoms with Gasteiger partial charge in [-0.1, -0.05) is 26.7 Å². The van der Waals surface area contributed by atoms with E-state index in [1.165, 1.54) is 77.1 Å². The number of fused-ring (bicyclic) bond motifs is 9. The van der Waals surface area contributed by atoms with Crippen LogP contribution in [-0.2, 0) is 0 Å². The maximum Gasteiger partial charge on any atom is 0.0542 e. The molecule has 2 nitrogen and oxygen atoms in total. The van der Waals surface area contributed by atoms with E-state index in [1.54, 1.807) is 0 Å². The molecule has 2 aromatic carbocycles. The van der Waals surface area contributed by atoms with E-state index in [-0.39, 0.29) is 0 Å². The number of rotatable bonds is 6. The zero-order chi connectivity index (χ0) is 22.0. The van der Waals surface area contributed by atoms with Crippen LogP contribution in [0.25, 0.3) is 51.4 Å². The van der Waals surface area contributed by atoms with Crippen molar-refractivity contribution in [2.75, 3.05) is 0 Å². The van der Waals surface area contributed by atoms with Gasteiger partial charge in [0.25, 0.3) is 0 Å².